The minimum absolute atomic E-state index is 0.257. The second-order valence-electron chi connectivity index (χ2n) is 5.39. The summed E-state index contributed by atoms with van der Waals surface area (Å²) < 4.78 is 0. The summed E-state index contributed by atoms with van der Waals surface area (Å²) in [6.07, 6.45) is 0. The Hall–Kier alpha value is -0.780. The first kappa shape index (κ1) is 15.2. The lowest BCUT2D eigenvalue weighted by Crippen LogP contribution is -2.16. The van der Waals surface area contributed by atoms with Crippen molar-refractivity contribution in [1.29, 1.82) is 0 Å². The van der Waals surface area contributed by atoms with Gasteiger partial charge < -0.3 is 0 Å². The van der Waals surface area contributed by atoms with Crippen molar-refractivity contribution in [3.8, 4) is 0 Å². The molecule has 92 valence electrons. The maximum absolute atomic E-state index is 2.31. The summed E-state index contributed by atoms with van der Waals surface area (Å²) in [5, 5.41) is 0. The van der Waals surface area contributed by atoms with E-state index >= 15 is 0 Å². The third-order valence-corrected chi connectivity index (χ3v) is 3.11. The Morgan fingerprint density at radius 2 is 1.19 bits per heavy atom. The molecule has 0 aliphatic carbocycles. The molecule has 0 fully saturated rings. The van der Waals surface area contributed by atoms with Gasteiger partial charge in [0, 0.05) is 0 Å². The highest BCUT2D eigenvalue weighted by Crippen LogP contribution is 2.31. The standard InChI is InChI=1S/C14H22.C2H6/c1-9-8-10(2)13(14(5,6)7)12(4)11(9)3;1-2/h8H,1-7H3;1-2H3. The molecule has 0 saturated carbocycles. The van der Waals surface area contributed by atoms with Crippen LogP contribution in [-0.2, 0) is 5.41 Å². The van der Waals surface area contributed by atoms with E-state index in [0.717, 1.165) is 0 Å². The largest absolute Gasteiger partial charge is 0.0683 e. The van der Waals surface area contributed by atoms with E-state index in [1.807, 2.05) is 13.8 Å². The quantitative estimate of drug-likeness (QED) is 0.560. The van der Waals surface area contributed by atoms with Gasteiger partial charge in [-0.2, -0.15) is 0 Å². The number of aryl methyl sites for hydroxylation is 2. The van der Waals surface area contributed by atoms with Crippen molar-refractivity contribution >= 4 is 0 Å². The van der Waals surface area contributed by atoms with Crippen LogP contribution in [0.5, 0.6) is 0 Å². The molecule has 0 heteroatoms. The number of rotatable bonds is 0. The molecular weight excluding hydrogens is 192 g/mol. The van der Waals surface area contributed by atoms with Crippen LogP contribution in [0.3, 0.4) is 0 Å². The van der Waals surface area contributed by atoms with Crippen LogP contribution in [0.15, 0.2) is 6.07 Å². The molecule has 0 nitrogen and oxygen atoms in total. The Morgan fingerprint density at radius 3 is 1.56 bits per heavy atom. The zero-order chi connectivity index (χ0) is 13.1. The van der Waals surface area contributed by atoms with Crippen LogP contribution in [0.4, 0.5) is 0 Å². The Balaban J connectivity index is 0.00000106. The van der Waals surface area contributed by atoms with Gasteiger partial charge in [-0.25, -0.2) is 0 Å². The average Bonchev–Trinajstić information content (AvgIpc) is 2.15. The van der Waals surface area contributed by atoms with Crippen LogP contribution in [0.25, 0.3) is 0 Å². The average molecular weight is 220 g/mol. The van der Waals surface area contributed by atoms with Crippen LogP contribution in [0, 0.1) is 27.7 Å². The summed E-state index contributed by atoms with van der Waals surface area (Å²) in [6, 6.07) is 2.31. The molecule has 0 amide bonds. The lowest BCUT2D eigenvalue weighted by molar-refractivity contribution is 0.581. The van der Waals surface area contributed by atoms with Crippen LogP contribution in [-0.4, -0.2) is 0 Å². The van der Waals surface area contributed by atoms with Crippen molar-refractivity contribution in [2.24, 2.45) is 0 Å². The van der Waals surface area contributed by atoms with Crippen molar-refractivity contribution in [2.75, 3.05) is 0 Å². The van der Waals surface area contributed by atoms with E-state index < -0.39 is 0 Å². The topological polar surface area (TPSA) is 0 Å². The zero-order valence-corrected chi connectivity index (χ0v) is 12.6. The highest BCUT2D eigenvalue weighted by molar-refractivity contribution is 5.46. The van der Waals surface area contributed by atoms with Crippen LogP contribution in [0.2, 0.25) is 0 Å². The van der Waals surface area contributed by atoms with Gasteiger partial charge in [0.15, 0.2) is 0 Å². The van der Waals surface area contributed by atoms with Crippen molar-refractivity contribution < 1.29 is 0 Å². The van der Waals surface area contributed by atoms with Crippen molar-refractivity contribution in [1.82, 2.24) is 0 Å². The van der Waals surface area contributed by atoms with Gasteiger partial charge in [-0.3, -0.25) is 0 Å². The molecule has 0 bridgehead atoms. The molecule has 0 atom stereocenters. The Labute approximate surface area is 102 Å². The van der Waals surface area contributed by atoms with Gasteiger partial charge in [0.1, 0.15) is 0 Å². The van der Waals surface area contributed by atoms with E-state index in [2.05, 4.69) is 54.5 Å². The lowest BCUT2D eigenvalue weighted by atomic mass is 9.79. The highest BCUT2D eigenvalue weighted by Gasteiger charge is 2.20. The van der Waals surface area contributed by atoms with Gasteiger partial charge in [-0.15, -0.1) is 0 Å². The molecule has 1 rings (SSSR count). The van der Waals surface area contributed by atoms with Gasteiger partial charge in [0.25, 0.3) is 0 Å². The molecule has 0 aliphatic rings. The first-order valence-electron chi connectivity index (χ1n) is 6.33. The third-order valence-electron chi connectivity index (χ3n) is 3.11. The molecule has 0 spiro atoms. The lowest BCUT2D eigenvalue weighted by Gasteiger charge is -2.26. The SMILES string of the molecule is CC.Cc1cc(C)c(C(C)(C)C)c(C)c1C. The molecule has 0 radical (unpaired) electrons. The fourth-order valence-corrected chi connectivity index (χ4v) is 2.44. The molecule has 0 aliphatic heterocycles. The molecule has 0 aromatic heterocycles. The zero-order valence-electron chi connectivity index (χ0n) is 12.6. The number of benzene rings is 1. The fourth-order valence-electron chi connectivity index (χ4n) is 2.44. The number of hydrogen-bond acceptors (Lipinski definition) is 0. The second kappa shape index (κ2) is 5.52. The third kappa shape index (κ3) is 3.10. The van der Waals surface area contributed by atoms with E-state index in [0.29, 0.717) is 0 Å². The van der Waals surface area contributed by atoms with Crippen LogP contribution >= 0.6 is 0 Å². The summed E-state index contributed by atoms with van der Waals surface area (Å²) in [4.78, 5) is 0. The molecule has 1 aromatic rings. The summed E-state index contributed by atoms with van der Waals surface area (Å²) >= 11 is 0. The molecule has 0 heterocycles. The molecule has 0 saturated heterocycles. The maximum atomic E-state index is 2.31. The van der Waals surface area contributed by atoms with Gasteiger partial charge in [-0.1, -0.05) is 40.7 Å². The van der Waals surface area contributed by atoms with Gasteiger partial charge >= 0.3 is 0 Å². The minimum Gasteiger partial charge on any atom is -0.0683 e. The normalized spacial score (nSPS) is 10.8. The maximum Gasteiger partial charge on any atom is -0.0127 e. The van der Waals surface area contributed by atoms with E-state index in [1.165, 1.54) is 27.8 Å². The highest BCUT2D eigenvalue weighted by atomic mass is 14.2. The van der Waals surface area contributed by atoms with Gasteiger partial charge in [-0.05, 0) is 60.9 Å². The Bertz CT molecular complexity index is 351. The predicted molar refractivity (Wildman–Crippen MR) is 75.4 cm³/mol. The number of hydrogen-bond donors (Lipinski definition) is 0. The van der Waals surface area contributed by atoms with E-state index in [1.54, 1.807) is 0 Å². The van der Waals surface area contributed by atoms with Crippen molar-refractivity contribution in [2.45, 2.75) is 67.7 Å². The first-order chi connectivity index (χ1) is 7.25. The van der Waals surface area contributed by atoms with Crippen molar-refractivity contribution in [3.63, 3.8) is 0 Å². The summed E-state index contributed by atoms with van der Waals surface area (Å²) in [5.74, 6) is 0. The minimum atomic E-state index is 0.257. The van der Waals surface area contributed by atoms with Crippen LogP contribution < -0.4 is 0 Å². The fraction of sp³-hybridized carbons (Fsp3) is 0.625. The van der Waals surface area contributed by atoms with Gasteiger partial charge in [0.2, 0.25) is 0 Å². The van der Waals surface area contributed by atoms with E-state index in [-0.39, 0.29) is 5.41 Å². The molecule has 1 aromatic carbocycles. The van der Waals surface area contributed by atoms with Crippen molar-refractivity contribution in [3.05, 3.63) is 33.9 Å². The van der Waals surface area contributed by atoms with Crippen LogP contribution in [0.1, 0.15) is 62.4 Å². The molecule has 0 unspecified atom stereocenters. The first-order valence-corrected chi connectivity index (χ1v) is 6.33. The second-order valence-corrected chi connectivity index (χ2v) is 5.39. The monoisotopic (exact) mass is 220 g/mol. The predicted octanol–water partition coefficient (Wildman–Crippen LogP) is 5.24. The summed E-state index contributed by atoms with van der Waals surface area (Å²) in [7, 11) is 0. The van der Waals surface area contributed by atoms with E-state index in [4.69, 9.17) is 0 Å². The van der Waals surface area contributed by atoms with Gasteiger partial charge in [0.05, 0.1) is 0 Å². The Kier molecular flexibility index (Phi) is 5.25. The smallest absolute Gasteiger partial charge is 0.0127 e. The summed E-state index contributed by atoms with van der Waals surface area (Å²) in [5.41, 5.74) is 7.52. The van der Waals surface area contributed by atoms with E-state index in [9.17, 15) is 0 Å². The molecule has 16 heavy (non-hydrogen) atoms. The Morgan fingerprint density at radius 1 is 0.750 bits per heavy atom. The summed E-state index contributed by atoms with van der Waals surface area (Å²) in [6.45, 7) is 19.8. The molecule has 0 N–H and O–H groups in total. The molecular formula is C16H28.